The lowest BCUT2D eigenvalue weighted by Gasteiger charge is -2.15. The Labute approximate surface area is 129 Å². The van der Waals surface area contributed by atoms with Gasteiger partial charge in [0.05, 0.1) is 0 Å². The normalized spacial score (nSPS) is 11.8. The van der Waals surface area contributed by atoms with E-state index in [0.29, 0.717) is 18.7 Å². The maximum atomic E-state index is 11.8. The van der Waals surface area contributed by atoms with E-state index in [1.165, 1.54) is 0 Å². The maximum absolute atomic E-state index is 11.8. The number of carbonyl (C=O) groups excluding carboxylic acids is 1. The number of urea groups is 1. The molecule has 0 bridgehead atoms. The van der Waals surface area contributed by atoms with E-state index in [2.05, 4.69) is 16.7 Å². The van der Waals surface area contributed by atoms with Crippen molar-refractivity contribution < 1.29 is 14.7 Å². The molecule has 3 N–H and O–H groups in total. The minimum atomic E-state index is -1.01. The van der Waals surface area contributed by atoms with Crippen LogP contribution in [0.2, 0.25) is 0 Å². The number of amides is 2. The summed E-state index contributed by atoms with van der Waals surface area (Å²) in [5, 5.41) is 14.2. The summed E-state index contributed by atoms with van der Waals surface area (Å²) in [6.45, 7) is 4.38. The third-order valence-corrected chi connectivity index (χ3v) is 3.59. The molecule has 0 heterocycles. The molecule has 6 heteroatoms. The van der Waals surface area contributed by atoms with Crippen LogP contribution in [-0.2, 0) is 11.3 Å². The number of rotatable bonds is 7. The van der Waals surface area contributed by atoms with E-state index in [1.807, 2.05) is 32.2 Å². The van der Waals surface area contributed by atoms with Crippen molar-refractivity contribution in [1.29, 1.82) is 0 Å². The first-order chi connectivity index (χ1) is 9.92. The number of carboxylic acids is 1. The van der Waals surface area contributed by atoms with Gasteiger partial charge in [-0.05, 0) is 37.8 Å². The van der Waals surface area contributed by atoms with Crippen molar-refractivity contribution in [1.82, 2.24) is 10.6 Å². The van der Waals surface area contributed by atoms with E-state index in [0.717, 1.165) is 16.7 Å². The lowest BCUT2D eigenvalue weighted by Crippen LogP contribution is -2.46. The smallest absolute Gasteiger partial charge is 0.326 e. The number of aliphatic carboxylic acids is 1. The molecule has 0 aromatic heterocycles. The zero-order chi connectivity index (χ0) is 15.8. The highest BCUT2D eigenvalue weighted by Gasteiger charge is 2.18. The average molecular weight is 310 g/mol. The fourth-order valence-corrected chi connectivity index (χ4v) is 2.53. The summed E-state index contributed by atoms with van der Waals surface area (Å²) in [6.07, 6.45) is 2.31. The van der Waals surface area contributed by atoms with Crippen molar-refractivity contribution >= 4 is 23.8 Å². The molecule has 0 saturated heterocycles. The minimum Gasteiger partial charge on any atom is -0.480 e. The second-order valence-corrected chi connectivity index (χ2v) is 5.98. The van der Waals surface area contributed by atoms with Crippen molar-refractivity contribution in [3.8, 4) is 0 Å². The maximum Gasteiger partial charge on any atom is 0.326 e. The van der Waals surface area contributed by atoms with E-state index in [4.69, 9.17) is 5.11 Å². The highest BCUT2D eigenvalue weighted by atomic mass is 32.2. The predicted molar refractivity (Wildman–Crippen MR) is 85.7 cm³/mol. The summed E-state index contributed by atoms with van der Waals surface area (Å²) in [4.78, 5) is 22.8. The summed E-state index contributed by atoms with van der Waals surface area (Å²) in [5.41, 5.74) is 3.27. The molecular formula is C15H22N2O3S. The molecule has 1 atom stereocenters. The molecule has 0 radical (unpaired) electrons. The minimum absolute atomic E-state index is 0.378. The molecule has 1 aromatic carbocycles. The Hall–Kier alpha value is -1.69. The molecule has 0 saturated carbocycles. The largest absolute Gasteiger partial charge is 0.480 e. The summed E-state index contributed by atoms with van der Waals surface area (Å²) in [5.74, 6) is -0.320. The van der Waals surface area contributed by atoms with Gasteiger partial charge in [-0.2, -0.15) is 11.8 Å². The molecule has 2 amide bonds. The van der Waals surface area contributed by atoms with Crippen LogP contribution in [0.4, 0.5) is 4.79 Å². The van der Waals surface area contributed by atoms with Crippen LogP contribution >= 0.6 is 11.8 Å². The van der Waals surface area contributed by atoms with Gasteiger partial charge in [0.15, 0.2) is 0 Å². The topological polar surface area (TPSA) is 78.4 Å². The summed E-state index contributed by atoms with van der Waals surface area (Å²) in [6, 6.07) is 4.75. The third-order valence-electron chi connectivity index (χ3n) is 2.95. The van der Waals surface area contributed by atoms with Gasteiger partial charge in [0.1, 0.15) is 6.04 Å². The zero-order valence-electron chi connectivity index (χ0n) is 12.6. The van der Waals surface area contributed by atoms with Gasteiger partial charge in [-0.3, -0.25) is 0 Å². The molecule has 0 aliphatic rings. The number of nitrogens with one attached hydrogen (secondary N) is 2. The molecule has 0 fully saturated rings. The van der Waals surface area contributed by atoms with Gasteiger partial charge in [0.2, 0.25) is 0 Å². The molecule has 1 unspecified atom stereocenters. The average Bonchev–Trinajstić information content (AvgIpc) is 2.39. The van der Waals surface area contributed by atoms with Gasteiger partial charge in [-0.25, -0.2) is 9.59 Å². The van der Waals surface area contributed by atoms with Gasteiger partial charge in [0.25, 0.3) is 0 Å². The Kier molecular flexibility index (Phi) is 7.08. The van der Waals surface area contributed by atoms with Crippen LogP contribution in [-0.4, -0.2) is 35.2 Å². The van der Waals surface area contributed by atoms with Crippen LogP contribution in [0.5, 0.6) is 0 Å². The standard InChI is InChI=1S/C15H22N2O3S/c1-10-6-11(2)8-12(7-10)9-16-15(20)17-13(14(18)19)4-5-21-3/h6-8,13H,4-5,9H2,1-3H3,(H,18,19)(H2,16,17,20). The van der Waals surface area contributed by atoms with Crippen molar-refractivity contribution in [2.75, 3.05) is 12.0 Å². The zero-order valence-corrected chi connectivity index (χ0v) is 13.4. The summed E-state index contributed by atoms with van der Waals surface area (Å²) >= 11 is 1.55. The number of benzene rings is 1. The highest BCUT2D eigenvalue weighted by Crippen LogP contribution is 2.08. The molecular weight excluding hydrogens is 288 g/mol. The number of hydrogen-bond donors (Lipinski definition) is 3. The van der Waals surface area contributed by atoms with Crippen LogP contribution in [0, 0.1) is 13.8 Å². The fourth-order valence-electron chi connectivity index (χ4n) is 2.06. The monoisotopic (exact) mass is 310 g/mol. The number of thioether (sulfide) groups is 1. The van der Waals surface area contributed by atoms with Gasteiger partial charge < -0.3 is 15.7 Å². The Balaban J connectivity index is 2.50. The Bertz CT molecular complexity index is 485. The van der Waals surface area contributed by atoms with E-state index < -0.39 is 18.0 Å². The SMILES string of the molecule is CSCCC(NC(=O)NCc1cc(C)cc(C)c1)C(=O)O. The van der Waals surface area contributed by atoms with E-state index in [9.17, 15) is 9.59 Å². The number of carbonyl (C=O) groups is 2. The van der Waals surface area contributed by atoms with E-state index in [-0.39, 0.29) is 0 Å². The molecule has 5 nitrogen and oxygen atoms in total. The lowest BCUT2D eigenvalue weighted by molar-refractivity contribution is -0.139. The first kappa shape index (κ1) is 17.4. The fraction of sp³-hybridized carbons (Fsp3) is 0.467. The molecule has 116 valence electrons. The molecule has 0 spiro atoms. The molecule has 0 aliphatic carbocycles. The quantitative estimate of drug-likeness (QED) is 0.722. The van der Waals surface area contributed by atoms with E-state index in [1.54, 1.807) is 11.8 Å². The van der Waals surface area contributed by atoms with Crippen LogP contribution in [0.15, 0.2) is 18.2 Å². The first-order valence-electron chi connectivity index (χ1n) is 6.75. The Morgan fingerprint density at radius 1 is 1.24 bits per heavy atom. The van der Waals surface area contributed by atoms with Crippen LogP contribution < -0.4 is 10.6 Å². The van der Waals surface area contributed by atoms with Crippen LogP contribution in [0.3, 0.4) is 0 Å². The van der Waals surface area contributed by atoms with Gasteiger partial charge in [-0.1, -0.05) is 29.3 Å². The van der Waals surface area contributed by atoms with E-state index >= 15 is 0 Å². The third kappa shape index (κ3) is 6.53. The Morgan fingerprint density at radius 3 is 2.38 bits per heavy atom. The van der Waals surface area contributed by atoms with Crippen LogP contribution in [0.1, 0.15) is 23.1 Å². The van der Waals surface area contributed by atoms with Gasteiger partial charge in [0, 0.05) is 6.54 Å². The van der Waals surface area contributed by atoms with Crippen molar-refractivity contribution in [2.24, 2.45) is 0 Å². The second kappa shape index (κ2) is 8.56. The van der Waals surface area contributed by atoms with Gasteiger partial charge >= 0.3 is 12.0 Å². The van der Waals surface area contributed by atoms with Crippen LogP contribution in [0.25, 0.3) is 0 Å². The van der Waals surface area contributed by atoms with Crippen molar-refractivity contribution in [2.45, 2.75) is 32.9 Å². The highest BCUT2D eigenvalue weighted by molar-refractivity contribution is 7.98. The van der Waals surface area contributed by atoms with Crippen molar-refractivity contribution in [3.63, 3.8) is 0 Å². The lowest BCUT2D eigenvalue weighted by atomic mass is 10.1. The molecule has 0 aliphatic heterocycles. The Morgan fingerprint density at radius 2 is 1.86 bits per heavy atom. The summed E-state index contributed by atoms with van der Waals surface area (Å²) < 4.78 is 0. The number of carboxylic acid groups (broad SMARTS) is 1. The number of aryl methyl sites for hydroxylation is 2. The first-order valence-corrected chi connectivity index (χ1v) is 8.15. The van der Waals surface area contributed by atoms with Crippen molar-refractivity contribution in [3.05, 3.63) is 34.9 Å². The molecule has 1 aromatic rings. The van der Waals surface area contributed by atoms with Gasteiger partial charge in [-0.15, -0.1) is 0 Å². The molecule has 21 heavy (non-hydrogen) atoms. The number of hydrogen-bond acceptors (Lipinski definition) is 3. The second-order valence-electron chi connectivity index (χ2n) is 5.00. The predicted octanol–water partition coefficient (Wildman–Crippen LogP) is 2.31. The summed E-state index contributed by atoms with van der Waals surface area (Å²) in [7, 11) is 0. The molecule has 1 rings (SSSR count).